The Balaban J connectivity index is 1.41. The Hall–Kier alpha value is -2.15. The summed E-state index contributed by atoms with van der Waals surface area (Å²) in [5.74, 6) is -0.465. The van der Waals surface area contributed by atoms with Crippen LogP contribution in [-0.4, -0.2) is 61.1 Å². The molecule has 2 aliphatic heterocycles. The molecule has 7 heteroatoms. The van der Waals surface area contributed by atoms with Gasteiger partial charge in [0, 0.05) is 24.7 Å². The van der Waals surface area contributed by atoms with E-state index in [1.54, 1.807) is 17.0 Å². The third-order valence-corrected chi connectivity index (χ3v) is 4.58. The summed E-state index contributed by atoms with van der Waals surface area (Å²) in [5, 5.41) is 2.78. The number of rotatable bonds is 5. The van der Waals surface area contributed by atoms with Crippen LogP contribution >= 0.6 is 0 Å². The first kappa shape index (κ1) is 16.7. The summed E-state index contributed by atoms with van der Waals surface area (Å²) < 4.78 is 18.1. The standard InChI is InChI=1S/C17H22FN3O3/c18-14-2-1-3-15(12-14)19-16(22)13-4-6-20(7-5-13)8-9-21-10-11-24-17(21)23/h1-3,12-13H,4-11H2,(H,19,22). The van der Waals surface area contributed by atoms with E-state index in [2.05, 4.69) is 10.2 Å². The molecule has 0 atom stereocenters. The van der Waals surface area contributed by atoms with Crippen molar-refractivity contribution in [2.75, 3.05) is 44.6 Å². The van der Waals surface area contributed by atoms with Gasteiger partial charge in [-0.1, -0.05) is 6.07 Å². The van der Waals surface area contributed by atoms with Gasteiger partial charge in [0.25, 0.3) is 0 Å². The Morgan fingerprint density at radius 3 is 2.71 bits per heavy atom. The molecule has 2 heterocycles. The van der Waals surface area contributed by atoms with Crippen molar-refractivity contribution in [2.24, 2.45) is 5.92 Å². The maximum Gasteiger partial charge on any atom is 0.409 e. The number of hydrogen-bond acceptors (Lipinski definition) is 4. The second-order valence-corrected chi connectivity index (χ2v) is 6.22. The first-order valence-corrected chi connectivity index (χ1v) is 8.32. The van der Waals surface area contributed by atoms with Crippen LogP contribution in [0.15, 0.2) is 24.3 Å². The highest BCUT2D eigenvalue weighted by Crippen LogP contribution is 2.20. The van der Waals surface area contributed by atoms with Crippen LogP contribution in [0.25, 0.3) is 0 Å². The van der Waals surface area contributed by atoms with Gasteiger partial charge in [-0.2, -0.15) is 0 Å². The summed E-state index contributed by atoms with van der Waals surface area (Å²) in [6.45, 7) is 4.24. The molecule has 0 saturated carbocycles. The zero-order chi connectivity index (χ0) is 16.9. The molecular formula is C17H22FN3O3. The summed E-state index contributed by atoms with van der Waals surface area (Å²) in [6, 6.07) is 5.94. The summed E-state index contributed by atoms with van der Waals surface area (Å²) in [5.41, 5.74) is 0.495. The van der Waals surface area contributed by atoms with Gasteiger partial charge in [0.2, 0.25) is 5.91 Å². The van der Waals surface area contributed by atoms with Gasteiger partial charge in [-0.25, -0.2) is 9.18 Å². The van der Waals surface area contributed by atoms with Crippen molar-refractivity contribution in [3.05, 3.63) is 30.1 Å². The average Bonchev–Trinajstić information content (AvgIpc) is 2.98. The smallest absolute Gasteiger partial charge is 0.409 e. The van der Waals surface area contributed by atoms with Gasteiger partial charge in [0.05, 0.1) is 6.54 Å². The number of ether oxygens (including phenoxy) is 1. The van der Waals surface area contributed by atoms with Crippen LogP contribution in [0, 0.1) is 11.7 Å². The molecule has 2 amide bonds. The lowest BCUT2D eigenvalue weighted by Gasteiger charge is -2.32. The van der Waals surface area contributed by atoms with Crippen LogP contribution in [0.4, 0.5) is 14.9 Å². The Labute approximate surface area is 140 Å². The average molecular weight is 335 g/mol. The third kappa shape index (κ3) is 4.23. The number of benzene rings is 1. The largest absolute Gasteiger partial charge is 0.448 e. The molecule has 0 aromatic heterocycles. The molecule has 1 aromatic rings. The number of amides is 2. The van der Waals surface area contributed by atoms with E-state index in [0.717, 1.165) is 32.5 Å². The fraction of sp³-hybridized carbons (Fsp3) is 0.529. The van der Waals surface area contributed by atoms with Crippen molar-refractivity contribution in [1.82, 2.24) is 9.80 Å². The van der Waals surface area contributed by atoms with Crippen LogP contribution in [0.2, 0.25) is 0 Å². The SMILES string of the molecule is O=C(Nc1cccc(F)c1)C1CCN(CCN2CCOC2=O)CC1. The van der Waals surface area contributed by atoms with Crippen molar-refractivity contribution >= 4 is 17.7 Å². The lowest BCUT2D eigenvalue weighted by Crippen LogP contribution is -2.42. The van der Waals surface area contributed by atoms with Crippen LogP contribution < -0.4 is 5.32 Å². The van der Waals surface area contributed by atoms with E-state index in [1.165, 1.54) is 12.1 Å². The van der Waals surface area contributed by atoms with Gasteiger partial charge in [0.15, 0.2) is 0 Å². The predicted molar refractivity (Wildman–Crippen MR) is 87.1 cm³/mol. The van der Waals surface area contributed by atoms with Crippen LogP contribution in [0.5, 0.6) is 0 Å². The predicted octanol–water partition coefficient (Wildman–Crippen LogP) is 1.93. The van der Waals surface area contributed by atoms with E-state index in [-0.39, 0.29) is 23.7 Å². The van der Waals surface area contributed by atoms with Gasteiger partial charge in [-0.3, -0.25) is 4.79 Å². The topological polar surface area (TPSA) is 61.9 Å². The molecule has 3 rings (SSSR count). The molecule has 2 saturated heterocycles. The number of carbonyl (C=O) groups is 2. The normalized spacial score (nSPS) is 19.4. The second-order valence-electron chi connectivity index (χ2n) is 6.22. The van der Waals surface area contributed by atoms with E-state index < -0.39 is 0 Å². The number of anilines is 1. The van der Waals surface area contributed by atoms with Gasteiger partial charge in [0.1, 0.15) is 12.4 Å². The fourth-order valence-corrected chi connectivity index (χ4v) is 3.12. The third-order valence-electron chi connectivity index (χ3n) is 4.58. The Morgan fingerprint density at radius 2 is 2.04 bits per heavy atom. The Kier molecular flexibility index (Phi) is 5.30. The van der Waals surface area contributed by atoms with Crippen molar-refractivity contribution in [1.29, 1.82) is 0 Å². The van der Waals surface area contributed by atoms with Crippen molar-refractivity contribution < 1.29 is 18.7 Å². The number of hydrogen-bond donors (Lipinski definition) is 1. The summed E-state index contributed by atoms with van der Waals surface area (Å²) in [6.07, 6.45) is 1.30. The highest BCUT2D eigenvalue weighted by atomic mass is 19.1. The molecule has 0 aliphatic carbocycles. The lowest BCUT2D eigenvalue weighted by atomic mass is 9.96. The minimum absolute atomic E-state index is 0.0524. The number of piperidine rings is 1. The summed E-state index contributed by atoms with van der Waals surface area (Å²) in [4.78, 5) is 27.6. The van der Waals surface area contributed by atoms with Crippen molar-refractivity contribution in [2.45, 2.75) is 12.8 Å². The van der Waals surface area contributed by atoms with E-state index in [0.29, 0.717) is 25.4 Å². The molecule has 1 N–H and O–H groups in total. The number of nitrogens with one attached hydrogen (secondary N) is 1. The highest BCUT2D eigenvalue weighted by molar-refractivity contribution is 5.92. The molecule has 2 fully saturated rings. The van der Waals surface area contributed by atoms with Crippen LogP contribution in [0.3, 0.4) is 0 Å². The van der Waals surface area contributed by atoms with Gasteiger partial charge >= 0.3 is 6.09 Å². The van der Waals surface area contributed by atoms with Crippen molar-refractivity contribution in [3.63, 3.8) is 0 Å². The molecule has 0 spiro atoms. The zero-order valence-corrected chi connectivity index (χ0v) is 13.5. The number of carbonyl (C=O) groups excluding carboxylic acids is 2. The van der Waals surface area contributed by atoms with E-state index in [1.807, 2.05) is 0 Å². The second kappa shape index (κ2) is 7.61. The molecule has 0 bridgehead atoms. The first-order valence-electron chi connectivity index (χ1n) is 8.32. The minimum atomic E-state index is -0.358. The maximum absolute atomic E-state index is 13.2. The number of cyclic esters (lactones) is 1. The van der Waals surface area contributed by atoms with Crippen LogP contribution in [0.1, 0.15) is 12.8 Å². The lowest BCUT2D eigenvalue weighted by molar-refractivity contribution is -0.121. The zero-order valence-electron chi connectivity index (χ0n) is 13.5. The molecule has 6 nitrogen and oxygen atoms in total. The van der Waals surface area contributed by atoms with Crippen molar-refractivity contribution in [3.8, 4) is 0 Å². The first-order chi connectivity index (χ1) is 11.6. The molecule has 0 radical (unpaired) electrons. The molecule has 2 aliphatic rings. The van der Waals surface area contributed by atoms with E-state index in [4.69, 9.17) is 4.74 Å². The minimum Gasteiger partial charge on any atom is -0.448 e. The van der Waals surface area contributed by atoms with E-state index >= 15 is 0 Å². The Bertz CT molecular complexity index is 602. The summed E-state index contributed by atoms with van der Waals surface area (Å²) >= 11 is 0. The highest BCUT2D eigenvalue weighted by Gasteiger charge is 2.27. The maximum atomic E-state index is 13.2. The van der Waals surface area contributed by atoms with Gasteiger partial charge < -0.3 is 19.9 Å². The number of nitrogens with zero attached hydrogens (tertiary/aromatic N) is 2. The molecule has 130 valence electrons. The fourth-order valence-electron chi connectivity index (χ4n) is 3.12. The monoisotopic (exact) mass is 335 g/mol. The Morgan fingerprint density at radius 1 is 1.25 bits per heavy atom. The van der Waals surface area contributed by atoms with Gasteiger partial charge in [-0.15, -0.1) is 0 Å². The summed E-state index contributed by atoms with van der Waals surface area (Å²) in [7, 11) is 0. The molecular weight excluding hydrogens is 313 g/mol. The quantitative estimate of drug-likeness (QED) is 0.893. The number of likely N-dealkylation sites (tertiary alicyclic amines) is 1. The van der Waals surface area contributed by atoms with Crippen LogP contribution in [-0.2, 0) is 9.53 Å². The van der Waals surface area contributed by atoms with E-state index in [9.17, 15) is 14.0 Å². The molecule has 0 unspecified atom stereocenters. The molecule has 1 aromatic carbocycles. The number of halogens is 1. The molecule has 24 heavy (non-hydrogen) atoms. The van der Waals surface area contributed by atoms with Gasteiger partial charge in [-0.05, 0) is 44.1 Å².